The maximum atomic E-state index is 10.9. The van der Waals surface area contributed by atoms with Crippen LogP contribution in [0.3, 0.4) is 0 Å². The molecule has 0 aliphatic carbocycles. The molecule has 0 spiro atoms. The van der Waals surface area contributed by atoms with Crippen LogP contribution >= 0.6 is 0 Å². The quantitative estimate of drug-likeness (QED) is 0.759. The molecule has 0 aromatic rings. The van der Waals surface area contributed by atoms with Crippen molar-refractivity contribution in [3.8, 4) is 0 Å². The third kappa shape index (κ3) is 5.24. The summed E-state index contributed by atoms with van der Waals surface area (Å²) in [7, 11) is 0. The Balaban J connectivity index is 0.000000220. The predicted octanol–water partition coefficient (Wildman–Crippen LogP) is 1.68. The summed E-state index contributed by atoms with van der Waals surface area (Å²) in [4.78, 5) is 43.7. The van der Waals surface area contributed by atoms with E-state index in [4.69, 9.17) is 0 Å². The molecule has 0 aromatic carbocycles. The van der Waals surface area contributed by atoms with Gasteiger partial charge in [-0.25, -0.2) is 0 Å². The molecule has 2 aliphatic rings. The van der Waals surface area contributed by atoms with Crippen molar-refractivity contribution in [3.05, 3.63) is 0 Å². The summed E-state index contributed by atoms with van der Waals surface area (Å²) in [5, 5.41) is 4.58. The Kier molecular flexibility index (Phi) is 5.85. The van der Waals surface area contributed by atoms with E-state index in [9.17, 15) is 19.2 Å². The summed E-state index contributed by atoms with van der Waals surface area (Å²) < 4.78 is 0. The fraction of sp³-hybridized carbons (Fsp3) is 0.750. The van der Waals surface area contributed by atoms with E-state index in [1.165, 1.54) is 0 Å². The van der Waals surface area contributed by atoms with Gasteiger partial charge in [0.2, 0.25) is 23.6 Å². The van der Waals surface area contributed by atoms with Gasteiger partial charge in [-0.15, -0.1) is 0 Å². The van der Waals surface area contributed by atoms with Gasteiger partial charge in [-0.05, 0) is 23.7 Å². The third-order valence-corrected chi connectivity index (χ3v) is 4.61. The number of nitrogens with one attached hydrogen (secondary N) is 2. The van der Waals surface area contributed by atoms with E-state index in [-0.39, 0.29) is 34.5 Å². The molecule has 6 heteroatoms. The SMILES string of the molecule is CCC1(C)CC(=O)NC(=O)C1.CCC1(C)CC(=O)NC(=O)C1. The fourth-order valence-corrected chi connectivity index (χ4v) is 2.66. The Bertz CT molecular complexity index is 409. The molecule has 2 rings (SSSR count). The maximum Gasteiger partial charge on any atom is 0.227 e. The molecule has 4 amide bonds. The average Bonchev–Trinajstić information content (AvgIpc) is 2.36. The Morgan fingerprint density at radius 1 is 0.682 bits per heavy atom. The molecule has 0 radical (unpaired) electrons. The second-order valence-electron chi connectivity index (χ2n) is 6.98. The van der Waals surface area contributed by atoms with Crippen molar-refractivity contribution in [2.75, 3.05) is 0 Å². The van der Waals surface area contributed by atoms with Gasteiger partial charge in [0.15, 0.2) is 0 Å². The summed E-state index contributed by atoms with van der Waals surface area (Å²) in [6.07, 6.45) is 3.69. The summed E-state index contributed by atoms with van der Waals surface area (Å²) in [5.41, 5.74) is -0.196. The van der Waals surface area contributed by atoms with Gasteiger partial charge in [0.25, 0.3) is 0 Å². The molecular formula is C16H26N2O4. The summed E-state index contributed by atoms with van der Waals surface area (Å²) in [6, 6.07) is 0. The molecule has 0 saturated carbocycles. The van der Waals surface area contributed by atoms with E-state index >= 15 is 0 Å². The van der Waals surface area contributed by atoms with E-state index in [1.54, 1.807) is 0 Å². The minimum atomic E-state index is -0.134. The zero-order valence-electron chi connectivity index (χ0n) is 13.9. The number of imide groups is 2. The molecule has 0 bridgehead atoms. The number of carbonyl (C=O) groups is 4. The normalized spacial score (nSPS) is 23.1. The maximum absolute atomic E-state index is 10.9. The van der Waals surface area contributed by atoms with Gasteiger partial charge in [-0.1, -0.05) is 27.7 Å². The number of hydrogen-bond donors (Lipinski definition) is 2. The number of amides is 4. The first kappa shape index (κ1) is 18.3. The van der Waals surface area contributed by atoms with Crippen LogP contribution in [0.25, 0.3) is 0 Å². The van der Waals surface area contributed by atoms with Crippen LogP contribution < -0.4 is 10.6 Å². The molecule has 0 unspecified atom stereocenters. The van der Waals surface area contributed by atoms with Crippen LogP contribution in [0.1, 0.15) is 66.2 Å². The second-order valence-corrected chi connectivity index (χ2v) is 6.98. The van der Waals surface area contributed by atoms with E-state index in [0.717, 1.165) is 12.8 Å². The molecule has 2 heterocycles. The van der Waals surface area contributed by atoms with Gasteiger partial charge in [0.05, 0.1) is 0 Å². The lowest BCUT2D eigenvalue weighted by molar-refractivity contribution is -0.139. The van der Waals surface area contributed by atoms with Gasteiger partial charge in [0.1, 0.15) is 0 Å². The van der Waals surface area contributed by atoms with Gasteiger partial charge in [-0.3, -0.25) is 29.8 Å². The topological polar surface area (TPSA) is 92.3 Å². The first-order chi connectivity index (χ1) is 10.1. The smallest absolute Gasteiger partial charge is 0.227 e. The summed E-state index contributed by atoms with van der Waals surface area (Å²) >= 11 is 0. The first-order valence-electron chi connectivity index (χ1n) is 7.77. The van der Waals surface area contributed by atoms with Crippen LogP contribution in [0.15, 0.2) is 0 Å². The highest BCUT2D eigenvalue weighted by Gasteiger charge is 2.34. The van der Waals surface area contributed by atoms with Crippen molar-refractivity contribution in [1.82, 2.24) is 10.6 Å². The molecule has 2 aliphatic heterocycles. The highest BCUT2D eigenvalue weighted by molar-refractivity contribution is 5.98. The standard InChI is InChI=1S/2C8H13NO2/c2*1-3-8(2)4-6(10)9-7(11)5-8/h2*3-5H2,1-2H3,(H,9,10,11). The van der Waals surface area contributed by atoms with Crippen LogP contribution in [0.5, 0.6) is 0 Å². The molecule has 124 valence electrons. The number of piperidine rings is 2. The van der Waals surface area contributed by atoms with Crippen molar-refractivity contribution in [1.29, 1.82) is 0 Å². The monoisotopic (exact) mass is 310 g/mol. The highest BCUT2D eigenvalue weighted by atomic mass is 16.2. The third-order valence-electron chi connectivity index (χ3n) is 4.61. The fourth-order valence-electron chi connectivity index (χ4n) is 2.66. The minimum absolute atomic E-state index is 0.0978. The van der Waals surface area contributed by atoms with Crippen molar-refractivity contribution >= 4 is 23.6 Å². The molecule has 2 N–H and O–H groups in total. The van der Waals surface area contributed by atoms with Crippen LogP contribution in [-0.2, 0) is 19.2 Å². The van der Waals surface area contributed by atoms with E-state index < -0.39 is 0 Å². The Hall–Kier alpha value is -1.72. The van der Waals surface area contributed by atoms with Gasteiger partial charge in [0, 0.05) is 25.7 Å². The second kappa shape index (κ2) is 7.03. The molecular weight excluding hydrogens is 284 g/mol. The van der Waals surface area contributed by atoms with E-state index in [2.05, 4.69) is 10.6 Å². The molecule has 0 atom stereocenters. The summed E-state index contributed by atoms with van der Waals surface area (Å²) in [5.74, 6) is -0.535. The van der Waals surface area contributed by atoms with Crippen molar-refractivity contribution in [2.45, 2.75) is 66.2 Å². The summed E-state index contributed by atoms with van der Waals surface area (Å²) in [6.45, 7) is 7.96. The van der Waals surface area contributed by atoms with Gasteiger partial charge in [-0.2, -0.15) is 0 Å². The Morgan fingerprint density at radius 2 is 0.909 bits per heavy atom. The Labute approximate surface area is 131 Å². The number of rotatable bonds is 2. The molecule has 2 fully saturated rings. The molecule has 6 nitrogen and oxygen atoms in total. The highest BCUT2D eigenvalue weighted by Crippen LogP contribution is 2.32. The van der Waals surface area contributed by atoms with Crippen LogP contribution in [-0.4, -0.2) is 23.6 Å². The lowest BCUT2D eigenvalue weighted by atomic mass is 9.78. The number of carbonyl (C=O) groups excluding carboxylic acids is 4. The average molecular weight is 310 g/mol. The van der Waals surface area contributed by atoms with Crippen molar-refractivity contribution < 1.29 is 19.2 Å². The van der Waals surface area contributed by atoms with Gasteiger partial charge >= 0.3 is 0 Å². The largest absolute Gasteiger partial charge is 0.296 e. The minimum Gasteiger partial charge on any atom is -0.296 e. The van der Waals surface area contributed by atoms with Gasteiger partial charge < -0.3 is 0 Å². The predicted molar refractivity (Wildman–Crippen MR) is 81.6 cm³/mol. The van der Waals surface area contributed by atoms with Crippen molar-refractivity contribution in [3.63, 3.8) is 0 Å². The first-order valence-corrected chi connectivity index (χ1v) is 7.77. The van der Waals surface area contributed by atoms with Crippen molar-refractivity contribution in [2.24, 2.45) is 10.8 Å². The molecule has 2 saturated heterocycles. The Morgan fingerprint density at radius 3 is 1.09 bits per heavy atom. The van der Waals surface area contributed by atoms with Crippen LogP contribution in [0, 0.1) is 10.8 Å². The number of hydrogen-bond acceptors (Lipinski definition) is 4. The zero-order chi connectivity index (χ0) is 17.0. The molecule has 0 aromatic heterocycles. The lowest BCUT2D eigenvalue weighted by Gasteiger charge is -2.30. The zero-order valence-corrected chi connectivity index (χ0v) is 13.9. The molecule has 22 heavy (non-hydrogen) atoms. The van der Waals surface area contributed by atoms with Crippen LogP contribution in [0.4, 0.5) is 0 Å². The lowest BCUT2D eigenvalue weighted by Crippen LogP contribution is -2.43. The van der Waals surface area contributed by atoms with E-state index in [0.29, 0.717) is 25.7 Å². The van der Waals surface area contributed by atoms with E-state index in [1.807, 2.05) is 27.7 Å². The van der Waals surface area contributed by atoms with Crippen LogP contribution in [0.2, 0.25) is 0 Å².